The molecule has 11 rings (SSSR count). The van der Waals surface area contributed by atoms with E-state index in [2.05, 4.69) is 231 Å². The van der Waals surface area contributed by atoms with Gasteiger partial charge in [-0.05, 0) is 89.5 Å². The Balaban J connectivity index is 1.14. The molecule has 4 aliphatic carbocycles. The monoisotopic (exact) mass is 824 g/mol. The van der Waals surface area contributed by atoms with E-state index in [1.807, 2.05) is 0 Å². The van der Waals surface area contributed by atoms with Gasteiger partial charge in [0.25, 0.3) is 0 Å². The summed E-state index contributed by atoms with van der Waals surface area (Å²) in [5.41, 5.74) is 20.2. The second-order valence-electron chi connectivity index (χ2n) is 15.5. The fraction of sp³-hybridized carbons (Fsp3) is 0.0926. The summed E-state index contributed by atoms with van der Waals surface area (Å²) in [6.45, 7) is 2.21. The predicted octanol–water partition coefficient (Wildman–Crippen LogP) is 14.0. The number of halogens is 1. The first kappa shape index (κ1) is 35.4. The minimum atomic E-state index is 0.769. The van der Waals surface area contributed by atoms with Crippen molar-refractivity contribution in [3.63, 3.8) is 0 Å². The van der Waals surface area contributed by atoms with E-state index in [-0.39, 0.29) is 0 Å². The van der Waals surface area contributed by atoms with Crippen LogP contribution in [0.25, 0.3) is 55.0 Å². The summed E-state index contributed by atoms with van der Waals surface area (Å²) in [4.78, 5) is 4.82. The smallest absolute Gasteiger partial charge is 0.0894 e. The van der Waals surface area contributed by atoms with E-state index in [1.165, 1.54) is 66.2 Å². The molecule has 0 radical (unpaired) electrons. The number of aromatic nitrogens is 2. The van der Waals surface area contributed by atoms with Crippen LogP contribution < -0.4 is 0 Å². The molecular formula is C54H41BrN4. The lowest BCUT2D eigenvalue weighted by Gasteiger charge is -2.36. The Hall–Kier alpha value is -6.78. The highest BCUT2D eigenvalue weighted by Crippen LogP contribution is 2.47. The normalized spacial score (nSPS) is 17.7. The third-order valence-electron chi connectivity index (χ3n) is 12.2. The van der Waals surface area contributed by atoms with Crippen molar-refractivity contribution in [1.29, 1.82) is 0 Å². The zero-order valence-electron chi connectivity index (χ0n) is 33.0. The molecule has 59 heavy (non-hydrogen) atoms. The van der Waals surface area contributed by atoms with Crippen LogP contribution in [0.1, 0.15) is 26.2 Å². The van der Waals surface area contributed by atoms with Gasteiger partial charge in [-0.25, -0.2) is 0 Å². The maximum Gasteiger partial charge on any atom is 0.0894 e. The second kappa shape index (κ2) is 14.2. The Morgan fingerprint density at radius 2 is 1.41 bits per heavy atom. The number of nitrogens with zero attached hydrogens (tertiary/aromatic N) is 4. The van der Waals surface area contributed by atoms with Crippen LogP contribution in [0.4, 0.5) is 0 Å². The van der Waals surface area contributed by atoms with Crippen LogP contribution in [0.5, 0.6) is 0 Å². The van der Waals surface area contributed by atoms with E-state index < -0.39 is 0 Å². The van der Waals surface area contributed by atoms with E-state index >= 15 is 0 Å². The number of likely N-dealkylation sites (N-methyl/N-ethyl adjacent to an activating group) is 1. The average molecular weight is 826 g/mol. The van der Waals surface area contributed by atoms with Gasteiger partial charge in [0.2, 0.25) is 0 Å². The third kappa shape index (κ3) is 5.57. The number of hydrogen-bond donors (Lipinski definition) is 0. The highest BCUT2D eigenvalue weighted by atomic mass is 79.9. The molecule has 284 valence electrons. The zero-order chi connectivity index (χ0) is 39.6. The summed E-state index contributed by atoms with van der Waals surface area (Å²) >= 11 is 4.31. The van der Waals surface area contributed by atoms with Gasteiger partial charge in [0, 0.05) is 69.7 Å². The van der Waals surface area contributed by atoms with E-state index in [0.29, 0.717) is 0 Å². The van der Waals surface area contributed by atoms with Crippen molar-refractivity contribution < 1.29 is 0 Å². The van der Waals surface area contributed by atoms with Gasteiger partial charge in [0.1, 0.15) is 0 Å². The van der Waals surface area contributed by atoms with Crippen molar-refractivity contribution in [2.45, 2.75) is 26.2 Å². The van der Waals surface area contributed by atoms with Gasteiger partial charge in [-0.3, -0.25) is 0 Å². The molecule has 0 N–H and O–H groups in total. The number of hydrogen-bond acceptors (Lipinski definition) is 2. The molecule has 0 atom stereocenters. The first-order valence-corrected chi connectivity index (χ1v) is 21.2. The number of rotatable bonds is 5. The average Bonchev–Trinajstić information content (AvgIpc) is 3.43. The quantitative estimate of drug-likeness (QED) is 0.161. The Morgan fingerprint density at radius 1 is 0.661 bits per heavy atom. The number of allylic oxidation sites excluding steroid dienone is 17. The van der Waals surface area contributed by atoms with Gasteiger partial charge in [-0.2, -0.15) is 0 Å². The highest BCUT2D eigenvalue weighted by molar-refractivity contribution is 9.12. The lowest BCUT2D eigenvalue weighted by atomic mass is 9.94. The van der Waals surface area contributed by atoms with E-state index in [9.17, 15) is 0 Å². The van der Waals surface area contributed by atoms with Crippen molar-refractivity contribution in [2.75, 3.05) is 7.05 Å². The Morgan fingerprint density at radius 3 is 2.27 bits per heavy atom. The fourth-order valence-corrected chi connectivity index (χ4v) is 10.2. The van der Waals surface area contributed by atoms with Gasteiger partial charge in [-0.15, -0.1) is 0 Å². The fourth-order valence-electron chi connectivity index (χ4n) is 9.56. The molecule has 2 bridgehead atoms. The topological polar surface area (TPSA) is 16.3 Å². The maximum atomic E-state index is 4.31. The summed E-state index contributed by atoms with van der Waals surface area (Å²) in [7, 11) is 2.21. The maximum absolute atomic E-state index is 4.31. The Labute approximate surface area is 352 Å². The first-order valence-electron chi connectivity index (χ1n) is 20.4. The standard InChI is InChI=1S/C54H41BrN4/c1-36-19-5-3-8-26-43(36)56(2)46-29-15-16-30-47-51(46)37-20-9-10-23-39(35-37)57(47)49-31-17-18-32-50(53(49)55)59-45-28-14-12-25-42(45)52-48(59)34-33-41-40-24-11-13-27-44(40)58(54(41)52)38-21-6-4-7-22-38/h3-17,19-25,27-29,31-34H,18,26,30H2,1-2H3. The van der Waals surface area contributed by atoms with E-state index in [0.717, 1.165) is 57.8 Å². The molecule has 0 saturated heterocycles. The van der Waals surface area contributed by atoms with Gasteiger partial charge in [0.15, 0.2) is 0 Å². The van der Waals surface area contributed by atoms with Gasteiger partial charge in [-0.1, -0.05) is 127 Å². The van der Waals surface area contributed by atoms with Gasteiger partial charge in [0.05, 0.1) is 49.3 Å². The van der Waals surface area contributed by atoms with Crippen molar-refractivity contribution in [1.82, 2.24) is 18.9 Å². The zero-order valence-corrected chi connectivity index (χ0v) is 34.6. The summed E-state index contributed by atoms with van der Waals surface area (Å²) in [6, 6.07) is 33.1. The van der Waals surface area contributed by atoms with Crippen molar-refractivity contribution in [3.8, 4) is 5.69 Å². The Kier molecular flexibility index (Phi) is 8.55. The third-order valence-corrected chi connectivity index (χ3v) is 13.0. The summed E-state index contributed by atoms with van der Waals surface area (Å²) < 4.78 is 5.95. The number of para-hydroxylation sites is 3. The van der Waals surface area contributed by atoms with E-state index in [4.69, 9.17) is 0 Å². The predicted molar refractivity (Wildman–Crippen MR) is 251 cm³/mol. The van der Waals surface area contributed by atoms with Crippen molar-refractivity contribution in [3.05, 3.63) is 231 Å². The molecule has 4 nitrogen and oxygen atoms in total. The lowest BCUT2D eigenvalue weighted by molar-refractivity contribution is 0.494. The Bertz CT molecular complexity index is 3240. The molecule has 0 fully saturated rings. The SMILES string of the molecule is CC1=C(N(C)C2=CC=CCC3=C2C2=C=C(C=CC=C2)N3C2=C(Br)C(n3c4ccccc4c4c3ccc3c5ccccc5n(-c5ccccc5)c34)=CCC=C2)CC=CC=C1. The summed E-state index contributed by atoms with van der Waals surface area (Å²) in [5.74, 6) is 0. The van der Waals surface area contributed by atoms with Crippen LogP contribution in [-0.2, 0) is 0 Å². The lowest BCUT2D eigenvalue weighted by Crippen LogP contribution is -2.28. The van der Waals surface area contributed by atoms with Crippen molar-refractivity contribution >= 4 is 65.2 Å². The minimum Gasteiger partial charge on any atom is -0.347 e. The largest absolute Gasteiger partial charge is 0.347 e. The molecule has 6 aromatic rings. The molecule has 5 aliphatic rings. The van der Waals surface area contributed by atoms with Crippen LogP contribution in [-0.4, -0.2) is 26.0 Å². The molecule has 4 aromatic carbocycles. The number of fused-ring (bicyclic) bond motifs is 8. The first-order chi connectivity index (χ1) is 29.1. The minimum absolute atomic E-state index is 0.769. The molecule has 0 spiro atoms. The highest BCUT2D eigenvalue weighted by Gasteiger charge is 2.33. The van der Waals surface area contributed by atoms with Crippen molar-refractivity contribution in [2.24, 2.45) is 0 Å². The molecule has 1 aliphatic heterocycles. The summed E-state index contributed by atoms with van der Waals surface area (Å²) in [6.07, 6.45) is 33.6. The van der Waals surface area contributed by atoms with Crippen LogP contribution in [0.2, 0.25) is 0 Å². The van der Waals surface area contributed by atoms with E-state index in [1.54, 1.807) is 0 Å². The molecule has 0 saturated carbocycles. The van der Waals surface area contributed by atoms with Gasteiger partial charge < -0.3 is 18.9 Å². The molecule has 0 unspecified atom stereocenters. The molecule has 3 heterocycles. The second-order valence-corrected chi connectivity index (χ2v) is 16.3. The molecular weight excluding hydrogens is 785 g/mol. The van der Waals surface area contributed by atoms with Crippen LogP contribution in [0, 0.1) is 0 Å². The summed E-state index contributed by atoms with van der Waals surface area (Å²) in [5, 5.41) is 4.97. The van der Waals surface area contributed by atoms with Crippen LogP contribution in [0.15, 0.2) is 231 Å². The van der Waals surface area contributed by atoms with Crippen LogP contribution >= 0.6 is 15.9 Å². The molecule has 5 heteroatoms. The van der Waals surface area contributed by atoms with Gasteiger partial charge >= 0.3 is 0 Å². The van der Waals surface area contributed by atoms with Crippen LogP contribution in [0.3, 0.4) is 0 Å². The number of benzene rings is 4. The molecule has 0 amide bonds. The molecule has 2 aromatic heterocycles.